The van der Waals surface area contributed by atoms with Crippen molar-refractivity contribution < 1.29 is 14.3 Å². The van der Waals surface area contributed by atoms with Crippen LogP contribution >= 0.6 is 0 Å². The molecule has 0 bridgehead atoms. The minimum atomic E-state index is -0.394. The molecule has 0 saturated heterocycles. The number of imidazole rings is 1. The summed E-state index contributed by atoms with van der Waals surface area (Å²) in [7, 11) is 5.31. The first-order valence-corrected chi connectivity index (χ1v) is 6.59. The first-order chi connectivity index (χ1) is 10.1. The molecule has 2 rings (SSSR count). The molecule has 0 aliphatic carbocycles. The molecule has 1 aromatic heterocycles. The molecular weight excluding hydrogens is 270 g/mol. The number of hydrogen-bond acceptors (Lipinski definition) is 5. The number of esters is 1. The van der Waals surface area contributed by atoms with Crippen molar-refractivity contribution in [2.45, 2.75) is 0 Å². The molecule has 0 radical (unpaired) electrons. The lowest BCUT2D eigenvalue weighted by atomic mass is 10.2. The molecular formula is C15H19N3O3. The first-order valence-electron chi connectivity index (χ1n) is 6.59. The summed E-state index contributed by atoms with van der Waals surface area (Å²) >= 11 is 0. The summed E-state index contributed by atoms with van der Waals surface area (Å²) < 4.78 is 12.3. The van der Waals surface area contributed by atoms with Crippen molar-refractivity contribution >= 4 is 5.97 Å². The Morgan fingerprint density at radius 2 is 2.14 bits per heavy atom. The van der Waals surface area contributed by atoms with Gasteiger partial charge in [0.25, 0.3) is 0 Å². The summed E-state index contributed by atoms with van der Waals surface area (Å²) in [5.41, 5.74) is 1.25. The Kier molecular flexibility index (Phi) is 4.94. The summed E-state index contributed by atoms with van der Waals surface area (Å²) in [6.45, 7) is 1.34. The van der Waals surface area contributed by atoms with Gasteiger partial charge < -0.3 is 18.9 Å². The summed E-state index contributed by atoms with van der Waals surface area (Å²) in [4.78, 5) is 17.8. The van der Waals surface area contributed by atoms with Gasteiger partial charge in [-0.25, -0.2) is 9.78 Å². The third-order valence-corrected chi connectivity index (χ3v) is 2.92. The van der Waals surface area contributed by atoms with Crippen molar-refractivity contribution in [2.75, 3.05) is 34.4 Å². The van der Waals surface area contributed by atoms with Crippen LogP contribution in [0.3, 0.4) is 0 Å². The fourth-order valence-corrected chi connectivity index (χ4v) is 1.81. The van der Waals surface area contributed by atoms with Crippen LogP contribution in [0.2, 0.25) is 0 Å². The minimum absolute atomic E-state index is 0.394. The van der Waals surface area contributed by atoms with Crippen LogP contribution in [0, 0.1) is 0 Å². The largest absolute Gasteiger partial charge is 0.492 e. The summed E-state index contributed by atoms with van der Waals surface area (Å²) in [6, 6.07) is 5.29. The van der Waals surface area contributed by atoms with Crippen LogP contribution < -0.4 is 4.74 Å². The topological polar surface area (TPSA) is 56.6 Å². The van der Waals surface area contributed by atoms with Crippen molar-refractivity contribution in [1.29, 1.82) is 0 Å². The first kappa shape index (κ1) is 15.1. The van der Waals surface area contributed by atoms with E-state index in [0.717, 1.165) is 12.2 Å². The number of likely N-dealkylation sites (N-methyl/N-ethyl adjacent to an activating group) is 1. The van der Waals surface area contributed by atoms with E-state index in [0.29, 0.717) is 17.9 Å². The smallest absolute Gasteiger partial charge is 0.338 e. The molecule has 0 amide bonds. The normalized spacial score (nSPS) is 10.7. The molecule has 21 heavy (non-hydrogen) atoms. The number of methoxy groups -OCH3 is 1. The molecule has 0 unspecified atom stereocenters. The quantitative estimate of drug-likeness (QED) is 0.756. The summed E-state index contributed by atoms with van der Waals surface area (Å²) in [5, 5.41) is 0. The van der Waals surface area contributed by atoms with Gasteiger partial charge in [-0.05, 0) is 26.2 Å². The molecule has 0 atom stereocenters. The Morgan fingerprint density at radius 1 is 1.33 bits per heavy atom. The van der Waals surface area contributed by atoms with Crippen molar-refractivity contribution in [2.24, 2.45) is 0 Å². The fraction of sp³-hybridized carbons (Fsp3) is 0.333. The van der Waals surface area contributed by atoms with Gasteiger partial charge in [-0.3, -0.25) is 0 Å². The number of aromatic nitrogens is 2. The molecule has 0 aliphatic heterocycles. The molecule has 0 fully saturated rings. The summed E-state index contributed by atoms with van der Waals surface area (Å²) in [5.74, 6) is 0.234. The van der Waals surface area contributed by atoms with Crippen molar-refractivity contribution in [3.8, 4) is 11.4 Å². The van der Waals surface area contributed by atoms with E-state index in [4.69, 9.17) is 9.47 Å². The van der Waals surface area contributed by atoms with E-state index < -0.39 is 5.97 Å². The molecule has 1 heterocycles. The van der Waals surface area contributed by atoms with Crippen LogP contribution in [0.15, 0.2) is 36.9 Å². The highest BCUT2D eigenvalue weighted by atomic mass is 16.5. The van der Waals surface area contributed by atoms with E-state index in [2.05, 4.69) is 4.98 Å². The average molecular weight is 289 g/mol. The minimum Gasteiger partial charge on any atom is -0.492 e. The third kappa shape index (κ3) is 4.06. The van der Waals surface area contributed by atoms with Gasteiger partial charge in [-0.2, -0.15) is 0 Å². The van der Waals surface area contributed by atoms with Crippen molar-refractivity contribution in [3.63, 3.8) is 0 Å². The van der Waals surface area contributed by atoms with Gasteiger partial charge in [0.1, 0.15) is 12.4 Å². The van der Waals surface area contributed by atoms with Gasteiger partial charge >= 0.3 is 5.97 Å². The lowest BCUT2D eigenvalue weighted by Gasteiger charge is -2.13. The second kappa shape index (κ2) is 6.90. The van der Waals surface area contributed by atoms with Gasteiger partial charge in [-0.15, -0.1) is 0 Å². The molecule has 112 valence electrons. The van der Waals surface area contributed by atoms with Crippen LogP contribution in [0.1, 0.15) is 10.4 Å². The number of carbonyl (C=O) groups is 1. The van der Waals surface area contributed by atoms with Crippen LogP contribution in [0.5, 0.6) is 5.75 Å². The Hall–Kier alpha value is -2.34. The molecule has 0 spiro atoms. The van der Waals surface area contributed by atoms with Gasteiger partial charge in [-0.1, -0.05) is 0 Å². The number of rotatable bonds is 6. The zero-order chi connectivity index (χ0) is 15.2. The number of carbonyl (C=O) groups excluding carboxylic acids is 1. The molecule has 0 aliphatic rings. The van der Waals surface area contributed by atoms with E-state index in [1.54, 1.807) is 30.9 Å². The zero-order valence-electron chi connectivity index (χ0n) is 12.4. The molecule has 1 aromatic carbocycles. The highest BCUT2D eigenvalue weighted by molar-refractivity contribution is 5.90. The predicted octanol–water partition coefficient (Wildman–Crippen LogP) is 1.60. The molecule has 6 heteroatoms. The average Bonchev–Trinajstić information content (AvgIpc) is 3.00. The second-order valence-electron chi connectivity index (χ2n) is 4.83. The molecule has 0 saturated carbocycles. The Balaban J connectivity index is 2.27. The monoisotopic (exact) mass is 289 g/mol. The second-order valence-corrected chi connectivity index (χ2v) is 4.83. The molecule has 6 nitrogen and oxygen atoms in total. The summed E-state index contributed by atoms with van der Waals surface area (Å²) in [6.07, 6.45) is 5.15. The standard InChI is InChI=1S/C15H19N3O3/c1-17(2)6-7-21-14-9-12(15(19)20-3)8-13(10-14)18-5-4-16-11-18/h4-5,8-11H,6-7H2,1-3H3. The Bertz CT molecular complexity index is 594. The maximum atomic E-state index is 11.8. The maximum absolute atomic E-state index is 11.8. The van der Waals surface area contributed by atoms with Gasteiger partial charge in [0, 0.05) is 25.0 Å². The van der Waals surface area contributed by atoms with E-state index in [1.807, 2.05) is 29.6 Å². The van der Waals surface area contributed by atoms with E-state index in [1.165, 1.54) is 7.11 Å². The lowest BCUT2D eigenvalue weighted by molar-refractivity contribution is 0.0600. The van der Waals surface area contributed by atoms with Gasteiger partial charge in [0.05, 0.1) is 24.7 Å². The SMILES string of the molecule is COC(=O)c1cc(OCCN(C)C)cc(-n2ccnc2)c1. The third-order valence-electron chi connectivity index (χ3n) is 2.92. The number of benzene rings is 1. The Morgan fingerprint density at radius 3 is 2.76 bits per heavy atom. The number of ether oxygens (including phenoxy) is 2. The highest BCUT2D eigenvalue weighted by Gasteiger charge is 2.10. The highest BCUT2D eigenvalue weighted by Crippen LogP contribution is 2.21. The fourth-order valence-electron chi connectivity index (χ4n) is 1.81. The zero-order valence-corrected chi connectivity index (χ0v) is 12.4. The number of nitrogens with zero attached hydrogens (tertiary/aromatic N) is 3. The van der Waals surface area contributed by atoms with Crippen molar-refractivity contribution in [1.82, 2.24) is 14.5 Å². The van der Waals surface area contributed by atoms with Crippen LogP contribution in [-0.2, 0) is 4.74 Å². The lowest BCUT2D eigenvalue weighted by Crippen LogP contribution is -2.19. The predicted molar refractivity (Wildman–Crippen MR) is 79.0 cm³/mol. The van der Waals surface area contributed by atoms with Gasteiger partial charge in [0.2, 0.25) is 0 Å². The van der Waals surface area contributed by atoms with E-state index in [9.17, 15) is 4.79 Å². The van der Waals surface area contributed by atoms with Crippen molar-refractivity contribution in [3.05, 3.63) is 42.5 Å². The van der Waals surface area contributed by atoms with E-state index in [-0.39, 0.29) is 0 Å². The molecule has 2 aromatic rings. The van der Waals surface area contributed by atoms with Gasteiger partial charge in [0.15, 0.2) is 0 Å². The van der Waals surface area contributed by atoms with Crippen LogP contribution in [-0.4, -0.2) is 54.8 Å². The van der Waals surface area contributed by atoms with Crippen LogP contribution in [0.4, 0.5) is 0 Å². The van der Waals surface area contributed by atoms with E-state index >= 15 is 0 Å². The number of hydrogen-bond donors (Lipinski definition) is 0. The van der Waals surface area contributed by atoms with Crippen LogP contribution in [0.25, 0.3) is 5.69 Å². The molecule has 0 N–H and O–H groups in total. The maximum Gasteiger partial charge on any atom is 0.338 e. The Labute approximate surface area is 123 Å².